The zero-order chi connectivity index (χ0) is 12.7. The number of rotatable bonds is 2. The van der Waals surface area contributed by atoms with Crippen LogP contribution in [-0.2, 0) is 20.2 Å². The van der Waals surface area contributed by atoms with E-state index in [2.05, 4.69) is 0 Å². The molecule has 0 saturated carbocycles. The molecular weight excluding hydrogens is 303 g/mol. The predicted molar refractivity (Wildman–Crippen MR) is 56.5 cm³/mol. The molecule has 1 aromatic rings. The predicted octanol–water partition coefficient (Wildman–Crippen LogP) is -1.06. The summed E-state index contributed by atoms with van der Waals surface area (Å²) in [7, 11) is -9.61. The number of hydrogen-bond acceptors (Lipinski definition) is 6. The topological polar surface area (TPSA) is 149 Å². The van der Waals surface area contributed by atoms with Crippen LogP contribution in [0.25, 0.3) is 0 Å². The van der Waals surface area contributed by atoms with Gasteiger partial charge in [0.05, 0.1) is 0 Å². The van der Waals surface area contributed by atoms with Crippen LogP contribution >= 0.6 is 0 Å². The van der Waals surface area contributed by atoms with E-state index in [4.69, 9.17) is 19.3 Å². The molecule has 0 spiro atoms. The van der Waals surface area contributed by atoms with Gasteiger partial charge in [-0.2, -0.15) is 16.8 Å². The molecule has 1 aromatic carbocycles. The first kappa shape index (κ1) is 17.3. The summed E-state index contributed by atoms with van der Waals surface area (Å²) in [6, 6.07) is 0.599. The molecule has 0 amide bonds. The second kappa shape index (κ2) is 5.50. The molecule has 17 heavy (non-hydrogen) atoms. The fraction of sp³-hybridized carbons (Fsp3) is 0. The van der Waals surface area contributed by atoms with Crippen LogP contribution in [0.2, 0.25) is 0 Å². The number of hydrogen-bond donors (Lipinski definition) is 4. The van der Waals surface area contributed by atoms with Crippen LogP contribution in [-0.4, -0.2) is 87.5 Å². The summed E-state index contributed by atoms with van der Waals surface area (Å²) < 4.78 is 59.7. The number of benzene rings is 1. The molecule has 0 unspecified atom stereocenters. The molecule has 8 nitrogen and oxygen atoms in total. The fourth-order valence-corrected chi connectivity index (χ4v) is 2.12. The summed E-state index contributed by atoms with van der Waals surface area (Å²) >= 11 is 0. The maximum absolute atomic E-state index is 10.6. The Morgan fingerprint density at radius 1 is 0.765 bits per heavy atom. The van der Waals surface area contributed by atoms with E-state index in [-0.39, 0.29) is 51.4 Å². The van der Waals surface area contributed by atoms with Crippen LogP contribution in [0.3, 0.4) is 0 Å². The summed E-state index contributed by atoms with van der Waals surface area (Å²) in [6.07, 6.45) is 0. The molecule has 0 aliphatic rings. The Bertz CT molecular complexity index is 574. The molecule has 0 fully saturated rings. The van der Waals surface area contributed by atoms with E-state index < -0.39 is 41.5 Å². The van der Waals surface area contributed by atoms with Crippen molar-refractivity contribution in [2.24, 2.45) is 0 Å². The number of aromatic hydroxyl groups is 2. The van der Waals surface area contributed by atoms with Crippen molar-refractivity contribution >= 4 is 71.6 Å². The van der Waals surface area contributed by atoms with E-state index in [1.54, 1.807) is 0 Å². The van der Waals surface area contributed by atoms with Crippen LogP contribution in [0.15, 0.2) is 21.9 Å². The van der Waals surface area contributed by atoms with Crippen molar-refractivity contribution in [3.05, 3.63) is 12.1 Å². The van der Waals surface area contributed by atoms with Crippen molar-refractivity contribution in [1.29, 1.82) is 0 Å². The van der Waals surface area contributed by atoms with Crippen molar-refractivity contribution in [2.45, 2.75) is 9.79 Å². The summed E-state index contributed by atoms with van der Waals surface area (Å²) in [6.45, 7) is 0. The minimum absolute atomic E-state index is 0. The Labute approximate surface area is 139 Å². The number of phenols is 2. The van der Waals surface area contributed by atoms with Crippen molar-refractivity contribution < 1.29 is 36.2 Å². The van der Waals surface area contributed by atoms with Crippen LogP contribution in [0, 0.1) is 0 Å². The SMILES string of the molecule is O=S(=O)(O)c1cc(O)c(S(=O)(=O)O)cc1O.[KH]. The summed E-state index contributed by atoms with van der Waals surface area (Å²) in [5.41, 5.74) is 0. The van der Waals surface area contributed by atoms with Crippen LogP contribution < -0.4 is 0 Å². The normalized spacial score (nSPS) is 11.9. The Morgan fingerprint density at radius 3 is 1.18 bits per heavy atom. The van der Waals surface area contributed by atoms with E-state index in [9.17, 15) is 16.8 Å². The Balaban J connectivity index is 0.00000256. The molecule has 0 bridgehead atoms. The molecule has 0 aliphatic carbocycles. The van der Waals surface area contributed by atoms with Crippen LogP contribution in [0.4, 0.5) is 0 Å². The quantitative estimate of drug-likeness (QED) is 0.307. The van der Waals surface area contributed by atoms with E-state index in [0.29, 0.717) is 12.1 Å². The second-order valence-electron chi connectivity index (χ2n) is 2.74. The summed E-state index contributed by atoms with van der Waals surface area (Å²) in [5, 5.41) is 18.2. The molecule has 0 saturated heterocycles. The second-order valence-corrected chi connectivity index (χ2v) is 5.52. The first-order valence-electron chi connectivity index (χ1n) is 3.54. The summed E-state index contributed by atoms with van der Waals surface area (Å²) in [5.74, 6) is -2.24. The first-order valence-corrected chi connectivity index (χ1v) is 6.42. The van der Waals surface area contributed by atoms with E-state index in [0.717, 1.165) is 0 Å². The monoisotopic (exact) mass is 310 g/mol. The van der Waals surface area contributed by atoms with Crippen molar-refractivity contribution in [2.75, 3.05) is 0 Å². The van der Waals surface area contributed by atoms with Gasteiger partial charge in [0, 0.05) is 12.1 Å². The average Bonchev–Trinajstić information content (AvgIpc) is 2.04. The molecule has 0 radical (unpaired) electrons. The number of phenolic OH excluding ortho intramolecular Hbond substituents is 2. The first-order chi connectivity index (χ1) is 7.03. The van der Waals surface area contributed by atoms with Gasteiger partial charge in [-0.3, -0.25) is 9.11 Å². The molecule has 92 valence electrons. The average molecular weight is 310 g/mol. The van der Waals surface area contributed by atoms with Gasteiger partial charge < -0.3 is 10.2 Å². The summed E-state index contributed by atoms with van der Waals surface area (Å²) in [4.78, 5) is -2.14. The zero-order valence-electron chi connectivity index (χ0n) is 7.39. The molecule has 0 atom stereocenters. The van der Waals surface area contributed by atoms with E-state index >= 15 is 0 Å². The zero-order valence-corrected chi connectivity index (χ0v) is 9.03. The van der Waals surface area contributed by atoms with Gasteiger partial charge in [-0.25, -0.2) is 0 Å². The molecule has 11 heteroatoms. The maximum atomic E-state index is 10.6. The van der Waals surface area contributed by atoms with Gasteiger partial charge in [0.25, 0.3) is 20.2 Å². The molecule has 0 aliphatic heterocycles. The minimum atomic E-state index is -4.80. The van der Waals surface area contributed by atoms with E-state index in [1.165, 1.54) is 0 Å². The molecule has 1 rings (SSSR count). The Kier molecular flexibility index (Phi) is 5.59. The van der Waals surface area contributed by atoms with Gasteiger partial charge in [-0.1, -0.05) is 0 Å². The van der Waals surface area contributed by atoms with Gasteiger partial charge in [0.1, 0.15) is 21.3 Å². The molecule has 0 aromatic heterocycles. The molecular formula is C6H7KO8S2. The third-order valence-electron chi connectivity index (χ3n) is 1.60. The van der Waals surface area contributed by atoms with Gasteiger partial charge >= 0.3 is 51.4 Å². The van der Waals surface area contributed by atoms with Crippen molar-refractivity contribution in [1.82, 2.24) is 0 Å². The Morgan fingerprint density at radius 2 is 1.00 bits per heavy atom. The molecule has 0 heterocycles. The van der Waals surface area contributed by atoms with E-state index in [1.807, 2.05) is 0 Å². The third-order valence-corrected chi connectivity index (χ3v) is 3.36. The van der Waals surface area contributed by atoms with Gasteiger partial charge in [-0.05, 0) is 0 Å². The van der Waals surface area contributed by atoms with Gasteiger partial charge in [-0.15, -0.1) is 0 Å². The van der Waals surface area contributed by atoms with Crippen LogP contribution in [0.5, 0.6) is 11.5 Å². The van der Waals surface area contributed by atoms with Crippen molar-refractivity contribution in [3.63, 3.8) is 0 Å². The Hall–Kier alpha value is 0.276. The van der Waals surface area contributed by atoms with Crippen molar-refractivity contribution in [3.8, 4) is 11.5 Å². The standard InChI is InChI=1S/C6H6O8S2.K.H/c7-3-1-5(15(9,10)11)4(8)2-6(3)16(12,13)14;;/h1-2,7-8H,(H,9,10,11)(H,12,13,14);;. The van der Waals surface area contributed by atoms with Crippen LogP contribution in [0.1, 0.15) is 0 Å². The molecule has 4 N–H and O–H groups in total. The fourth-order valence-electron chi connectivity index (χ4n) is 0.952. The third kappa shape index (κ3) is 4.15. The van der Waals surface area contributed by atoms with Gasteiger partial charge in [0.2, 0.25) is 0 Å². The van der Waals surface area contributed by atoms with Gasteiger partial charge in [0.15, 0.2) is 0 Å².